The number of piperidine rings is 1. The molecule has 0 amide bonds. The van der Waals surface area contributed by atoms with Crippen molar-refractivity contribution in [3.8, 4) is 0 Å². The van der Waals surface area contributed by atoms with Crippen LogP contribution in [0.2, 0.25) is 0 Å². The van der Waals surface area contributed by atoms with Crippen LogP contribution in [0.3, 0.4) is 0 Å². The Hall–Kier alpha value is -1.84. The first-order chi connectivity index (χ1) is 14.2. The number of benzene rings is 1. The van der Waals surface area contributed by atoms with E-state index < -0.39 is 21.8 Å². The molecule has 2 aliphatic heterocycles. The van der Waals surface area contributed by atoms with E-state index in [0.29, 0.717) is 25.4 Å². The van der Waals surface area contributed by atoms with E-state index in [9.17, 15) is 21.6 Å². The summed E-state index contributed by atoms with van der Waals surface area (Å²) in [5, 5.41) is -0.0394. The van der Waals surface area contributed by atoms with Crippen LogP contribution < -0.4 is 0 Å². The number of hydrogen-bond donors (Lipinski definition) is 0. The molecule has 2 saturated heterocycles. The molecule has 1 atom stereocenters. The summed E-state index contributed by atoms with van der Waals surface area (Å²) in [6.07, 6.45) is 0.178. The van der Waals surface area contributed by atoms with Gasteiger partial charge >= 0.3 is 6.18 Å². The number of hydrogen-bond acceptors (Lipinski definition) is 4. The lowest BCUT2D eigenvalue weighted by Crippen LogP contribution is -2.32. The quantitative estimate of drug-likeness (QED) is 0.667. The number of likely N-dealkylation sites (tertiary alicyclic amines) is 1. The molecule has 0 saturated carbocycles. The maximum absolute atomic E-state index is 12.9. The van der Waals surface area contributed by atoms with Crippen molar-refractivity contribution < 1.29 is 26.0 Å². The van der Waals surface area contributed by atoms with Crippen LogP contribution >= 0.6 is 0 Å². The molecule has 5 nitrogen and oxygen atoms in total. The fourth-order valence-corrected chi connectivity index (χ4v) is 5.74. The van der Waals surface area contributed by atoms with Crippen LogP contribution in [0.15, 0.2) is 45.9 Å². The number of alkyl halides is 3. The number of halogens is 3. The average molecular weight is 443 g/mol. The third-order valence-electron chi connectivity index (χ3n) is 5.89. The zero-order chi connectivity index (χ0) is 21.4. The van der Waals surface area contributed by atoms with E-state index >= 15 is 0 Å². The minimum absolute atomic E-state index is 0.0234. The summed E-state index contributed by atoms with van der Waals surface area (Å²) < 4.78 is 71.1. The summed E-state index contributed by atoms with van der Waals surface area (Å²) in [6, 6.07) is 8.48. The summed E-state index contributed by atoms with van der Waals surface area (Å²) in [6.45, 7) is 2.22. The predicted octanol–water partition coefficient (Wildman–Crippen LogP) is 4.81. The van der Waals surface area contributed by atoms with Crippen LogP contribution in [0.4, 0.5) is 13.2 Å². The second-order valence-corrected chi connectivity index (χ2v) is 9.80. The van der Waals surface area contributed by atoms with Crippen LogP contribution in [-0.2, 0) is 22.7 Å². The third-order valence-corrected chi connectivity index (χ3v) is 7.66. The molecule has 1 aromatic carbocycles. The Kier molecular flexibility index (Phi) is 5.96. The van der Waals surface area contributed by atoms with Crippen molar-refractivity contribution in [3.63, 3.8) is 0 Å². The molecule has 0 bridgehead atoms. The van der Waals surface area contributed by atoms with E-state index in [1.807, 2.05) is 0 Å². The highest BCUT2D eigenvalue weighted by Crippen LogP contribution is 2.35. The van der Waals surface area contributed by atoms with Crippen molar-refractivity contribution >= 4 is 10.0 Å². The van der Waals surface area contributed by atoms with Gasteiger partial charge in [-0.3, -0.25) is 4.90 Å². The Bertz CT molecular complexity index is 964. The van der Waals surface area contributed by atoms with Crippen LogP contribution in [0.25, 0.3) is 0 Å². The van der Waals surface area contributed by atoms with E-state index in [4.69, 9.17) is 4.42 Å². The minimum atomic E-state index is -4.35. The molecule has 1 unspecified atom stereocenters. The van der Waals surface area contributed by atoms with Crippen molar-refractivity contribution in [1.82, 2.24) is 9.21 Å². The molecule has 0 spiro atoms. The first-order valence-electron chi connectivity index (χ1n) is 10.3. The van der Waals surface area contributed by atoms with Crippen LogP contribution in [0, 0.1) is 0 Å². The Labute approximate surface area is 174 Å². The second-order valence-electron chi connectivity index (χ2n) is 7.93. The molecule has 9 heteroatoms. The standard InChI is InChI=1S/C21H25F3N2O3S/c22-21(23,24)17-8-6-16(7-9-17)19-5-1-2-12-25(19)15-18-10-11-20(29-18)30(27,28)26-13-3-4-14-26/h6-11,19H,1-5,12-15H2. The second kappa shape index (κ2) is 8.36. The molecule has 2 aromatic rings. The van der Waals surface area contributed by atoms with Crippen LogP contribution in [0.5, 0.6) is 0 Å². The minimum Gasteiger partial charge on any atom is -0.447 e. The van der Waals surface area contributed by atoms with Crippen molar-refractivity contribution in [3.05, 3.63) is 53.3 Å². The fourth-order valence-electron chi connectivity index (χ4n) is 4.29. The van der Waals surface area contributed by atoms with E-state index in [2.05, 4.69) is 4.90 Å². The van der Waals surface area contributed by atoms with E-state index in [1.54, 1.807) is 6.07 Å². The van der Waals surface area contributed by atoms with Gasteiger partial charge < -0.3 is 4.42 Å². The van der Waals surface area contributed by atoms with Crippen molar-refractivity contribution in [2.24, 2.45) is 0 Å². The van der Waals surface area contributed by atoms with Gasteiger partial charge in [-0.05, 0) is 62.1 Å². The van der Waals surface area contributed by atoms with Gasteiger partial charge in [-0.25, -0.2) is 8.42 Å². The molecule has 30 heavy (non-hydrogen) atoms. The van der Waals surface area contributed by atoms with E-state index in [1.165, 1.54) is 22.5 Å². The number of nitrogens with zero attached hydrogens (tertiary/aromatic N) is 2. The average Bonchev–Trinajstić information content (AvgIpc) is 3.41. The molecule has 1 aromatic heterocycles. The van der Waals surface area contributed by atoms with Gasteiger partial charge in [0, 0.05) is 19.1 Å². The maximum Gasteiger partial charge on any atom is 0.416 e. The van der Waals surface area contributed by atoms with Gasteiger partial charge in [0.05, 0.1) is 12.1 Å². The normalized spacial score (nSPS) is 21.9. The smallest absolute Gasteiger partial charge is 0.416 e. The lowest BCUT2D eigenvalue weighted by Gasteiger charge is -2.35. The summed E-state index contributed by atoms with van der Waals surface area (Å²) in [5.74, 6) is 0.548. The van der Waals surface area contributed by atoms with Gasteiger partial charge in [0.15, 0.2) is 0 Å². The summed E-state index contributed by atoms with van der Waals surface area (Å²) >= 11 is 0. The maximum atomic E-state index is 12.9. The SMILES string of the molecule is O=S(=O)(c1ccc(CN2CCCCC2c2ccc(C(F)(F)F)cc2)o1)N1CCCC1. The largest absolute Gasteiger partial charge is 0.447 e. The van der Waals surface area contributed by atoms with Crippen molar-refractivity contribution in [1.29, 1.82) is 0 Å². The summed E-state index contributed by atoms with van der Waals surface area (Å²) in [5.41, 5.74) is 0.176. The molecule has 0 radical (unpaired) electrons. The molecule has 164 valence electrons. The molecule has 3 heterocycles. The Balaban J connectivity index is 1.50. The van der Waals surface area contributed by atoms with E-state index in [0.717, 1.165) is 56.3 Å². The first kappa shape index (κ1) is 21.4. The lowest BCUT2D eigenvalue weighted by atomic mass is 9.94. The van der Waals surface area contributed by atoms with Crippen molar-refractivity contribution in [2.75, 3.05) is 19.6 Å². The molecule has 0 N–H and O–H groups in total. The Morgan fingerprint density at radius 2 is 1.60 bits per heavy atom. The number of rotatable bonds is 5. The number of furan rings is 1. The highest BCUT2D eigenvalue weighted by Gasteiger charge is 2.32. The molecule has 2 aliphatic rings. The van der Waals surface area contributed by atoms with Gasteiger partial charge in [-0.2, -0.15) is 17.5 Å². The van der Waals surface area contributed by atoms with Crippen molar-refractivity contribution in [2.45, 2.75) is 56.0 Å². The highest BCUT2D eigenvalue weighted by atomic mass is 32.2. The lowest BCUT2D eigenvalue weighted by molar-refractivity contribution is -0.137. The molecular formula is C21H25F3N2O3S. The fraction of sp³-hybridized carbons (Fsp3) is 0.524. The van der Waals surface area contributed by atoms with E-state index in [-0.39, 0.29) is 11.1 Å². The zero-order valence-corrected chi connectivity index (χ0v) is 17.4. The number of sulfonamides is 1. The topological polar surface area (TPSA) is 53.8 Å². The molecular weight excluding hydrogens is 417 g/mol. The highest BCUT2D eigenvalue weighted by molar-refractivity contribution is 7.89. The van der Waals surface area contributed by atoms with Gasteiger partial charge in [-0.15, -0.1) is 0 Å². The van der Waals surface area contributed by atoms with Gasteiger partial charge in [0.1, 0.15) is 5.76 Å². The summed E-state index contributed by atoms with van der Waals surface area (Å²) in [7, 11) is -3.60. The van der Waals surface area contributed by atoms with Gasteiger partial charge in [0.2, 0.25) is 5.09 Å². The van der Waals surface area contributed by atoms with Gasteiger partial charge in [-0.1, -0.05) is 18.6 Å². The molecule has 2 fully saturated rings. The van der Waals surface area contributed by atoms with Gasteiger partial charge in [0.25, 0.3) is 10.0 Å². The monoisotopic (exact) mass is 442 g/mol. The Morgan fingerprint density at radius 3 is 2.27 bits per heavy atom. The molecule has 0 aliphatic carbocycles. The third kappa shape index (κ3) is 4.43. The summed E-state index contributed by atoms with van der Waals surface area (Å²) in [4.78, 5) is 2.15. The predicted molar refractivity (Wildman–Crippen MR) is 105 cm³/mol. The first-order valence-corrected chi connectivity index (χ1v) is 11.7. The van der Waals surface area contributed by atoms with Crippen LogP contribution in [0.1, 0.15) is 55.0 Å². The van der Waals surface area contributed by atoms with Crippen LogP contribution in [-0.4, -0.2) is 37.3 Å². The Morgan fingerprint density at radius 1 is 0.933 bits per heavy atom. The zero-order valence-electron chi connectivity index (χ0n) is 16.6. The molecule has 4 rings (SSSR count).